The fraction of sp³-hybridized carbons (Fsp3) is 0.333. The molecule has 1 atom stereocenters. The summed E-state index contributed by atoms with van der Waals surface area (Å²) in [6.45, 7) is 10.6. The van der Waals surface area contributed by atoms with E-state index in [1.54, 1.807) is 30.3 Å². The average Bonchev–Trinajstić information content (AvgIpc) is 2.77. The zero-order valence-electron chi connectivity index (χ0n) is 17.9. The van der Waals surface area contributed by atoms with E-state index < -0.39 is 0 Å². The van der Waals surface area contributed by atoms with Crippen LogP contribution < -0.4 is 16.0 Å². The topological polar surface area (TPSA) is 73.5 Å². The molecular weight excluding hydrogens is 376 g/mol. The van der Waals surface area contributed by atoms with Gasteiger partial charge in [-0.3, -0.25) is 9.69 Å². The Kier molecular flexibility index (Phi) is 9.61. The summed E-state index contributed by atoms with van der Waals surface area (Å²) in [6, 6.07) is 17.1. The monoisotopic (exact) mass is 408 g/mol. The Labute approximate surface area is 179 Å². The molecule has 0 saturated heterocycles. The van der Waals surface area contributed by atoms with E-state index in [0.717, 1.165) is 19.5 Å². The number of urea groups is 1. The minimum Gasteiger partial charge on any atom is -0.349 e. The molecule has 0 heterocycles. The van der Waals surface area contributed by atoms with E-state index in [1.165, 1.54) is 5.56 Å². The average molecular weight is 409 g/mol. The lowest BCUT2D eigenvalue weighted by Crippen LogP contribution is -2.46. The maximum absolute atomic E-state index is 12.4. The van der Waals surface area contributed by atoms with Crippen molar-refractivity contribution in [3.63, 3.8) is 0 Å². The number of amides is 3. The highest BCUT2D eigenvalue weighted by Gasteiger charge is 2.17. The molecule has 0 aromatic heterocycles. The first-order valence-corrected chi connectivity index (χ1v) is 10.4. The van der Waals surface area contributed by atoms with Crippen LogP contribution in [0.1, 0.15) is 29.8 Å². The summed E-state index contributed by atoms with van der Waals surface area (Å²) in [5, 5.41) is 8.53. The molecule has 30 heavy (non-hydrogen) atoms. The van der Waals surface area contributed by atoms with Gasteiger partial charge in [0.25, 0.3) is 5.91 Å². The standard InChI is InChI=1S/C24H32N4O2/c1-4-16-25-23(29)20-12-14-21(15-13-20)27-24(30)26-18-22(28(5-2)6-3)17-19-10-8-7-9-11-19/h4,7-15,22H,1,5-6,16-18H2,2-3H3,(H,25,29)(H2,26,27,30). The highest BCUT2D eigenvalue weighted by molar-refractivity contribution is 5.95. The van der Waals surface area contributed by atoms with Crippen molar-refractivity contribution >= 4 is 17.6 Å². The van der Waals surface area contributed by atoms with Gasteiger partial charge in [-0.25, -0.2) is 4.79 Å². The summed E-state index contributed by atoms with van der Waals surface area (Å²) in [5.74, 6) is -0.172. The van der Waals surface area contributed by atoms with E-state index in [-0.39, 0.29) is 18.0 Å². The molecule has 3 amide bonds. The number of likely N-dealkylation sites (N-methyl/N-ethyl adjacent to an activating group) is 1. The number of rotatable bonds is 11. The zero-order valence-corrected chi connectivity index (χ0v) is 17.9. The Morgan fingerprint density at radius 3 is 2.27 bits per heavy atom. The molecule has 0 aliphatic rings. The number of nitrogens with one attached hydrogen (secondary N) is 3. The molecular formula is C24H32N4O2. The van der Waals surface area contributed by atoms with Gasteiger partial charge in [0.05, 0.1) is 0 Å². The molecule has 0 fully saturated rings. The molecule has 2 aromatic carbocycles. The van der Waals surface area contributed by atoms with Crippen molar-refractivity contribution in [3.05, 3.63) is 78.4 Å². The van der Waals surface area contributed by atoms with E-state index in [0.29, 0.717) is 24.3 Å². The fourth-order valence-electron chi connectivity index (χ4n) is 3.31. The predicted molar refractivity (Wildman–Crippen MR) is 123 cm³/mol. The van der Waals surface area contributed by atoms with Crippen molar-refractivity contribution in [2.24, 2.45) is 0 Å². The fourth-order valence-corrected chi connectivity index (χ4v) is 3.31. The third-order valence-corrected chi connectivity index (χ3v) is 4.95. The van der Waals surface area contributed by atoms with E-state index in [2.05, 4.69) is 53.4 Å². The van der Waals surface area contributed by atoms with Gasteiger partial charge in [0.1, 0.15) is 0 Å². The van der Waals surface area contributed by atoms with Gasteiger partial charge in [0.2, 0.25) is 0 Å². The second-order valence-corrected chi connectivity index (χ2v) is 6.98. The minimum atomic E-state index is -0.260. The van der Waals surface area contributed by atoms with Gasteiger partial charge in [-0.05, 0) is 49.3 Å². The van der Waals surface area contributed by atoms with Crippen molar-refractivity contribution in [2.75, 3.05) is 31.5 Å². The molecule has 160 valence electrons. The van der Waals surface area contributed by atoms with E-state index >= 15 is 0 Å². The summed E-state index contributed by atoms with van der Waals surface area (Å²) in [5.41, 5.74) is 2.42. The molecule has 2 rings (SSSR count). The van der Waals surface area contributed by atoms with Crippen molar-refractivity contribution in [1.82, 2.24) is 15.5 Å². The predicted octanol–water partition coefficient (Wildman–Crippen LogP) is 3.68. The van der Waals surface area contributed by atoms with Crippen LogP contribution in [0.15, 0.2) is 67.3 Å². The van der Waals surface area contributed by atoms with Crippen LogP contribution in [0.3, 0.4) is 0 Å². The number of carbonyl (C=O) groups is 2. The highest BCUT2D eigenvalue weighted by Crippen LogP contribution is 2.11. The third-order valence-electron chi connectivity index (χ3n) is 4.95. The maximum Gasteiger partial charge on any atom is 0.319 e. The molecule has 1 unspecified atom stereocenters. The molecule has 6 nitrogen and oxygen atoms in total. The Hall–Kier alpha value is -3.12. The first kappa shape index (κ1) is 23.2. The van der Waals surface area contributed by atoms with Crippen LogP contribution in [0.5, 0.6) is 0 Å². The molecule has 0 bridgehead atoms. The van der Waals surface area contributed by atoms with Gasteiger partial charge in [-0.15, -0.1) is 6.58 Å². The normalized spacial score (nSPS) is 11.6. The minimum absolute atomic E-state index is 0.172. The quantitative estimate of drug-likeness (QED) is 0.497. The van der Waals surface area contributed by atoms with Gasteiger partial charge < -0.3 is 16.0 Å². The summed E-state index contributed by atoms with van der Waals surface area (Å²) >= 11 is 0. The second kappa shape index (κ2) is 12.4. The molecule has 6 heteroatoms. The van der Waals surface area contributed by atoms with E-state index in [4.69, 9.17) is 0 Å². The number of benzene rings is 2. The van der Waals surface area contributed by atoms with Crippen LogP contribution in [0.4, 0.5) is 10.5 Å². The van der Waals surface area contributed by atoms with Crippen molar-refractivity contribution in [3.8, 4) is 0 Å². The highest BCUT2D eigenvalue weighted by atomic mass is 16.2. The molecule has 0 saturated carbocycles. The molecule has 3 N–H and O–H groups in total. The van der Waals surface area contributed by atoms with Crippen LogP contribution in [0, 0.1) is 0 Å². The van der Waals surface area contributed by atoms with Gasteiger partial charge >= 0.3 is 6.03 Å². The zero-order chi connectivity index (χ0) is 21.8. The molecule has 0 aliphatic carbocycles. The van der Waals surface area contributed by atoms with Crippen LogP contribution >= 0.6 is 0 Å². The van der Waals surface area contributed by atoms with E-state index in [1.807, 2.05) is 18.2 Å². The summed E-state index contributed by atoms with van der Waals surface area (Å²) in [6.07, 6.45) is 2.50. The van der Waals surface area contributed by atoms with Gasteiger partial charge in [-0.2, -0.15) is 0 Å². The van der Waals surface area contributed by atoms with Gasteiger partial charge in [0, 0.05) is 30.4 Å². The number of nitrogens with zero attached hydrogens (tertiary/aromatic N) is 1. The van der Waals surface area contributed by atoms with Crippen molar-refractivity contribution in [2.45, 2.75) is 26.3 Å². The van der Waals surface area contributed by atoms with Gasteiger partial charge in [-0.1, -0.05) is 50.3 Å². The Morgan fingerprint density at radius 2 is 1.67 bits per heavy atom. The molecule has 0 radical (unpaired) electrons. The number of hydrogen-bond acceptors (Lipinski definition) is 3. The molecule has 0 spiro atoms. The lowest BCUT2D eigenvalue weighted by atomic mass is 10.0. The lowest BCUT2D eigenvalue weighted by Gasteiger charge is -2.30. The summed E-state index contributed by atoms with van der Waals surface area (Å²) < 4.78 is 0. The Morgan fingerprint density at radius 1 is 1.00 bits per heavy atom. The first-order valence-electron chi connectivity index (χ1n) is 10.4. The molecule has 0 aliphatic heterocycles. The number of hydrogen-bond donors (Lipinski definition) is 3. The number of carbonyl (C=O) groups excluding carboxylic acids is 2. The Bertz CT molecular complexity index is 802. The lowest BCUT2D eigenvalue weighted by molar-refractivity contribution is 0.0958. The molecule has 2 aromatic rings. The van der Waals surface area contributed by atoms with Crippen LogP contribution in [-0.4, -0.2) is 49.1 Å². The van der Waals surface area contributed by atoms with Crippen molar-refractivity contribution in [1.29, 1.82) is 0 Å². The third kappa shape index (κ3) is 7.37. The van der Waals surface area contributed by atoms with Crippen LogP contribution in [0.2, 0.25) is 0 Å². The van der Waals surface area contributed by atoms with Crippen LogP contribution in [-0.2, 0) is 6.42 Å². The maximum atomic E-state index is 12.4. The first-order chi connectivity index (χ1) is 14.6. The van der Waals surface area contributed by atoms with E-state index in [9.17, 15) is 9.59 Å². The summed E-state index contributed by atoms with van der Waals surface area (Å²) in [7, 11) is 0. The number of anilines is 1. The largest absolute Gasteiger partial charge is 0.349 e. The van der Waals surface area contributed by atoms with Crippen LogP contribution in [0.25, 0.3) is 0 Å². The van der Waals surface area contributed by atoms with Gasteiger partial charge in [0.15, 0.2) is 0 Å². The SMILES string of the molecule is C=CCNC(=O)c1ccc(NC(=O)NCC(Cc2ccccc2)N(CC)CC)cc1. The smallest absolute Gasteiger partial charge is 0.319 e. The van der Waals surface area contributed by atoms with Crippen molar-refractivity contribution < 1.29 is 9.59 Å². The Balaban J connectivity index is 1.91. The summed E-state index contributed by atoms with van der Waals surface area (Å²) in [4.78, 5) is 26.7. The second-order valence-electron chi connectivity index (χ2n) is 6.98.